The number of carboxylic acids is 1. The van der Waals surface area contributed by atoms with E-state index in [1.807, 2.05) is 0 Å². The number of hydrogen-bond donors (Lipinski definition) is 3. The van der Waals surface area contributed by atoms with Crippen LogP contribution in [-0.2, 0) is 4.74 Å². The number of benzene rings is 1. The third kappa shape index (κ3) is 4.32. The molecule has 6 heteroatoms. The van der Waals surface area contributed by atoms with Gasteiger partial charge in [-0.3, -0.25) is 5.32 Å². The third-order valence-electron chi connectivity index (χ3n) is 1.81. The van der Waals surface area contributed by atoms with Crippen molar-refractivity contribution >= 4 is 17.7 Å². The summed E-state index contributed by atoms with van der Waals surface area (Å²) in [5, 5.41) is 20.5. The number of phenols is 1. The topological polar surface area (TPSA) is 95.9 Å². The first-order valence-corrected chi connectivity index (χ1v) is 5.25. The molecule has 0 spiro atoms. The van der Waals surface area contributed by atoms with E-state index in [0.29, 0.717) is 0 Å². The first-order chi connectivity index (χ1) is 8.17. The van der Waals surface area contributed by atoms with Gasteiger partial charge < -0.3 is 14.9 Å². The van der Waals surface area contributed by atoms with Gasteiger partial charge in [-0.1, -0.05) is 0 Å². The molecule has 0 fully saturated rings. The van der Waals surface area contributed by atoms with Crippen LogP contribution in [0.1, 0.15) is 31.1 Å². The number of carbonyl (C=O) groups is 2. The molecule has 0 aromatic heterocycles. The molecule has 0 aliphatic rings. The van der Waals surface area contributed by atoms with Gasteiger partial charge in [0.25, 0.3) is 0 Å². The van der Waals surface area contributed by atoms with Crippen LogP contribution >= 0.6 is 0 Å². The van der Waals surface area contributed by atoms with Crippen molar-refractivity contribution in [1.82, 2.24) is 0 Å². The van der Waals surface area contributed by atoms with Gasteiger partial charge >= 0.3 is 12.1 Å². The van der Waals surface area contributed by atoms with Crippen LogP contribution in [0, 0.1) is 0 Å². The van der Waals surface area contributed by atoms with Crippen LogP contribution in [0.4, 0.5) is 10.5 Å². The second-order valence-electron chi connectivity index (χ2n) is 4.70. The summed E-state index contributed by atoms with van der Waals surface area (Å²) in [6, 6.07) is 3.55. The lowest BCUT2D eigenvalue weighted by Crippen LogP contribution is -2.27. The smallest absolute Gasteiger partial charge is 0.412 e. The number of amides is 1. The molecular weight excluding hydrogens is 238 g/mol. The normalized spacial score (nSPS) is 10.8. The van der Waals surface area contributed by atoms with Crippen molar-refractivity contribution in [2.45, 2.75) is 26.4 Å². The lowest BCUT2D eigenvalue weighted by molar-refractivity contribution is 0.0632. The average Bonchev–Trinajstić information content (AvgIpc) is 2.12. The highest BCUT2D eigenvalue weighted by Gasteiger charge is 2.17. The van der Waals surface area contributed by atoms with E-state index in [4.69, 9.17) is 9.84 Å². The molecule has 0 radical (unpaired) electrons. The zero-order valence-electron chi connectivity index (χ0n) is 10.4. The van der Waals surface area contributed by atoms with Crippen molar-refractivity contribution in [2.75, 3.05) is 5.32 Å². The number of hydrogen-bond acceptors (Lipinski definition) is 4. The van der Waals surface area contributed by atoms with Crippen molar-refractivity contribution in [3.8, 4) is 5.75 Å². The number of aromatic carboxylic acids is 1. The summed E-state index contributed by atoms with van der Waals surface area (Å²) >= 11 is 0. The Balaban J connectivity index is 2.85. The van der Waals surface area contributed by atoms with Crippen molar-refractivity contribution in [1.29, 1.82) is 0 Å². The van der Waals surface area contributed by atoms with Gasteiger partial charge in [0.15, 0.2) is 0 Å². The minimum atomic E-state index is -1.20. The molecule has 1 rings (SSSR count). The maximum atomic E-state index is 11.5. The number of rotatable bonds is 2. The molecule has 3 N–H and O–H groups in total. The standard InChI is InChI=1S/C12H15NO5/c1-12(2,3)18-11(17)13-8-4-7(10(15)16)5-9(14)6-8/h4-6,14H,1-3H3,(H,13,17)(H,15,16). The van der Waals surface area contributed by atoms with E-state index in [2.05, 4.69) is 5.32 Å². The van der Waals surface area contributed by atoms with Crippen LogP contribution in [0.25, 0.3) is 0 Å². The summed E-state index contributed by atoms with van der Waals surface area (Å²) in [6.07, 6.45) is -0.718. The lowest BCUT2D eigenvalue weighted by Gasteiger charge is -2.19. The van der Waals surface area contributed by atoms with Crippen molar-refractivity contribution in [3.63, 3.8) is 0 Å². The fraction of sp³-hybridized carbons (Fsp3) is 0.333. The summed E-state index contributed by atoms with van der Waals surface area (Å²) in [6.45, 7) is 5.12. The van der Waals surface area contributed by atoms with Gasteiger partial charge in [0.2, 0.25) is 0 Å². The van der Waals surface area contributed by atoms with Crippen LogP contribution in [0.5, 0.6) is 5.75 Å². The Morgan fingerprint density at radius 1 is 1.22 bits per heavy atom. The fourth-order valence-electron chi connectivity index (χ4n) is 1.23. The summed E-state index contributed by atoms with van der Waals surface area (Å²) in [5.41, 5.74) is -0.626. The highest BCUT2D eigenvalue weighted by molar-refractivity contribution is 5.92. The molecule has 0 bridgehead atoms. The monoisotopic (exact) mass is 253 g/mol. The maximum Gasteiger partial charge on any atom is 0.412 e. The van der Waals surface area contributed by atoms with Gasteiger partial charge in [0.1, 0.15) is 11.4 Å². The van der Waals surface area contributed by atoms with Crippen LogP contribution in [0.15, 0.2) is 18.2 Å². The predicted molar refractivity (Wildman–Crippen MR) is 64.9 cm³/mol. The molecule has 1 aromatic rings. The van der Waals surface area contributed by atoms with Crippen molar-refractivity contribution < 1.29 is 24.5 Å². The molecule has 0 heterocycles. The van der Waals surface area contributed by atoms with Gasteiger partial charge in [0, 0.05) is 11.8 Å². The SMILES string of the molecule is CC(C)(C)OC(=O)Nc1cc(O)cc(C(=O)O)c1. The molecule has 1 aromatic carbocycles. The number of carbonyl (C=O) groups excluding carboxylic acids is 1. The lowest BCUT2D eigenvalue weighted by atomic mass is 10.2. The molecule has 0 atom stereocenters. The summed E-state index contributed by atoms with van der Waals surface area (Å²) in [4.78, 5) is 22.2. The number of nitrogens with one attached hydrogen (secondary N) is 1. The Morgan fingerprint density at radius 3 is 2.33 bits per heavy atom. The number of anilines is 1. The van der Waals surface area contributed by atoms with Crippen LogP contribution in [0.2, 0.25) is 0 Å². The molecule has 98 valence electrons. The predicted octanol–water partition coefficient (Wildman–Crippen LogP) is 2.44. The Labute approximate surface area is 104 Å². The van der Waals surface area contributed by atoms with E-state index in [9.17, 15) is 14.7 Å². The van der Waals surface area contributed by atoms with Gasteiger partial charge in [-0.2, -0.15) is 0 Å². The highest BCUT2D eigenvalue weighted by Crippen LogP contribution is 2.20. The van der Waals surface area contributed by atoms with Crippen LogP contribution in [0.3, 0.4) is 0 Å². The van der Waals surface area contributed by atoms with E-state index in [1.54, 1.807) is 20.8 Å². The van der Waals surface area contributed by atoms with Gasteiger partial charge in [0.05, 0.1) is 5.56 Å². The minimum Gasteiger partial charge on any atom is -0.508 e. The largest absolute Gasteiger partial charge is 0.508 e. The highest BCUT2D eigenvalue weighted by atomic mass is 16.6. The maximum absolute atomic E-state index is 11.5. The Bertz CT molecular complexity index is 476. The second-order valence-corrected chi connectivity index (χ2v) is 4.70. The molecule has 0 saturated carbocycles. The molecule has 0 saturated heterocycles. The molecule has 0 aliphatic heterocycles. The quantitative estimate of drug-likeness (QED) is 0.752. The van der Waals surface area contributed by atoms with Gasteiger partial charge in [-0.05, 0) is 32.9 Å². The molecule has 1 amide bonds. The number of aromatic hydroxyl groups is 1. The van der Waals surface area contributed by atoms with Crippen LogP contribution < -0.4 is 5.32 Å². The summed E-state index contributed by atoms with van der Waals surface area (Å²) in [7, 11) is 0. The first-order valence-electron chi connectivity index (χ1n) is 5.25. The van der Waals surface area contributed by atoms with E-state index >= 15 is 0 Å². The Kier molecular flexibility index (Phi) is 3.80. The Hall–Kier alpha value is -2.24. The first kappa shape index (κ1) is 13.8. The van der Waals surface area contributed by atoms with Gasteiger partial charge in [-0.25, -0.2) is 9.59 Å². The van der Waals surface area contributed by atoms with Gasteiger partial charge in [-0.15, -0.1) is 0 Å². The molecule has 18 heavy (non-hydrogen) atoms. The molecule has 6 nitrogen and oxygen atoms in total. The summed E-state index contributed by atoms with van der Waals surface area (Å²) < 4.78 is 5.00. The number of phenolic OH excluding ortho intramolecular Hbond substituents is 1. The van der Waals surface area contributed by atoms with Crippen molar-refractivity contribution in [2.24, 2.45) is 0 Å². The van der Waals surface area contributed by atoms with E-state index in [1.165, 1.54) is 12.1 Å². The zero-order chi connectivity index (χ0) is 13.9. The minimum absolute atomic E-state index is 0.124. The zero-order valence-corrected chi connectivity index (χ0v) is 10.4. The molecular formula is C12H15NO5. The molecule has 0 aliphatic carbocycles. The fourth-order valence-corrected chi connectivity index (χ4v) is 1.23. The van der Waals surface area contributed by atoms with E-state index in [0.717, 1.165) is 6.07 Å². The number of carboxylic acid groups (broad SMARTS) is 1. The third-order valence-corrected chi connectivity index (χ3v) is 1.81. The Morgan fingerprint density at radius 2 is 1.83 bits per heavy atom. The average molecular weight is 253 g/mol. The van der Waals surface area contributed by atoms with Crippen LogP contribution in [-0.4, -0.2) is 27.9 Å². The van der Waals surface area contributed by atoms with E-state index < -0.39 is 17.7 Å². The second kappa shape index (κ2) is 4.95. The van der Waals surface area contributed by atoms with E-state index in [-0.39, 0.29) is 17.0 Å². The molecule has 0 unspecified atom stereocenters. The number of ether oxygens (including phenoxy) is 1. The summed E-state index contributed by atoms with van der Waals surface area (Å²) in [5.74, 6) is -1.45. The van der Waals surface area contributed by atoms with Crippen molar-refractivity contribution in [3.05, 3.63) is 23.8 Å².